The number of nitrogens with zero attached hydrogens (tertiary/aromatic N) is 3. The summed E-state index contributed by atoms with van der Waals surface area (Å²) in [6.45, 7) is 8.50. The first-order valence-electron chi connectivity index (χ1n) is 7.36. The number of hydrogen-bond donors (Lipinski definition) is 0. The minimum atomic E-state index is 0.163. The highest BCUT2D eigenvalue weighted by Gasteiger charge is 2.31. The van der Waals surface area contributed by atoms with Crippen LogP contribution in [0.1, 0.15) is 67.8 Å². The molecule has 0 aromatic carbocycles. The van der Waals surface area contributed by atoms with Crippen LogP contribution in [0.25, 0.3) is 0 Å². The first-order valence-corrected chi connectivity index (χ1v) is 7.36. The number of carbonyl (C=O) groups is 1. The van der Waals surface area contributed by atoms with Gasteiger partial charge in [-0.05, 0) is 32.6 Å². The van der Waals surface area contributed by atoms with Crippen molar-refractivity contribution in [3.63, 3.8) is 0 Å². The molecule has 0 saturated carbocycles. The zero-order chi connectivity index (χ0) is 15.0. The molecule has 0 radical (unpaired) electrons. The third kappa shape index (κ3) is 2.51. The summed E-state index contributed by atoms with van der Waals surface area (Å²) in [6.07, 6.45) is 3.60. The molecular formula is C16H25N3O. The van der Waals surface area contributed by atoms with Crippen LogP contribution >= 0.6 is 0 Å². The third-order valence-corrected chi connectivity index (χ3v) is 3.62. The summed E-state index contributed by atoms with van der Waals surface area (Å²) in [5.41, 5.74) is 3.81. The van der Waals surface area contributed by atoms with Crippen molar-refractivity contribution in [2.24, 2.45) is 0 Å². The molecule has 4 heteroatoms. The molecule has 0 amide bonds. The largest absolute Gasteiger partial charge is 0.383 e. The Balaban J connectivity index is 2.57. The molecule has 4 nitrogen and oxygen atoms in total. The van der Waals surface area contributed by atoms with Crippen molar-refractivity contribution in [1.29, 1.82) is 0 Å². The van der Waals surface area contributed by atoms with Crippen LogP contribution in [0.2, 0.25) is 0 Å². The van der Waals surface area contributed by atoms with Gasteiger partial charge in [0.05, 0.1) is 17.0 Å². The van der Waals surface area contributed by atoms with Crippen molar-refractivity contribution in [3.8, 4) is 0 Å². The highest BCUT2D eigenvalue weighted by Crippen LogP contribution is 2.32. The van der Waals surface area contributed by atoms with Crippen molar-refractivity contribution < 1.29 is 4.79 Å². The Morgan fingerprint density at radius 2 is 1.85 bits per heavy atom. The summed E-state index contributed by atoms with van der Waals surface area (Å²) in [7, 11) is 3.91. The molecule has 0 saturated heterocycles. The first-order chi connectivity index (χ1) is 9.32. The predicted molar refractivity (Wildman–Crippen MR) is 81.1 cm³/mol. The number of aromatic nitrogens is 2. The number of fused-ring (bicyclic) bond motifs is 1. The van der Waals surface area contributed by atoms with Crippen molar-refractivity contribution in [1.82, 2.24) is 14.7 Å². The fraction of sp³-hybridized carbons (Fsp3) is 0.625. The lowest BCUT2D eigenvalue weighted by Crippen LogP contribution is -2.18. The Bertz CT molecular complexity index is 550. The van der Waals surface area contributed by atoms with Crippen LogP contribution in [0.4, 0.5) is 0 Å². The van der Waals surface area contributed by atoms with E-state index in [0.29, 0.717) is 5.92 Å². The maximum absolute atomic E-state index is 12.8. The van der Waals surface area contributed by atoms with Crippen molar-refractivity contribution in [3.05, 3.63) is 28.7 Å². The van der Waals surface area contributed by atoms with Gasteiger partial charge in [-0.1, -0.05) is 13.8 Å². The molecule has 0 aliphatic heterocycles. The van der Waals surface area contributed by atoms with Gasteiger partial charge >= 0.3 is 0 Å². The molecule has 2 rings (SSSR count). The number of hydrogen-bond acceptors (Lipinski definition) is 3. The summed E-state index contributed by atoms with van der Waals surface area (Å²) in [5.74, 6) is 0.465. The molecule has 20 heavy (non-hydrogen) atoms. The fourth-order valence-corrected chi connectivity index (χ4v) is 2.83. The number of carbonyl (C=O) groups excluding carboxylic acids is 1. The van der Waals surface area contributed by atoms with Gasteiger partial charge in [0, 0.05) is 31.9 Å². The van der Waals surface area contributed by atoms with E-state index < -0.39 is 0 Å². The number of aryl methyl sites for hydroxylation is 1. The van der Waals surface area contributed by atoms with Crippen LogP contribution in [0.5, 0.6) is 0 Å². The monoisotopic (exact) mass is 275 g/mol. The van der Waals surface area contributed by atoms with Gasteiger partial charge in [-0.3, -0.25) is 9.48 Å². The second-order valence-electron chi connectivity index (χ2n) is 6.35. The molecule has 1 aliphatic rings. The lowest BCUT2D eigenvalue weighted by Gasteiger charge is -2.18. The molecule has 0 fully saturated rings. The average molecular weight is 275 g/mol. The standard InChI is InChI=1S/C16H25N3O/c1-10(2)15-14-13(17-19(15)11(3)4)8-7-12(16(14)20)9-18(5)6/h9-11H,7-8H2,1-6H3. The van der Waals surface area contributed by atoms with Crippen LogP contribution in [0, 0.1) is 0 Å². The third-order valence-electron chi connectivity index (χ3n) is 3.62. The highest BCUT2D eigenvalue weighted by molar-refractivity contribution is 6.11. The quantitative estimate of drug-likeness (QED) is 0.795. The normalized spacial score (nSPS) is 17.2. The van der Waals surface area contributed by atoms with Gasteiger partial charge in [0.15, 0.2) is 5.78 Å². The summed E-state index contributed by atoms with van der Waals surface area (Å²) < 4.78 is 2.03. The Labute approximate surface area is 121 Å². The second-order valence-corrected chi connectivity index (χ2v) is 6.35. The van der Waals surface area contributed by atoms with Crippen molar-refractivity contribution in [2.75, 3.05) is 14.1 Å². The number of rotatable bonds is 3. The zero-order valence-electron chi connectivity index (χ0n) is 13.4. The van der Waals surface area contributed by atoms with Crippen LogP contribution in [-0.4, -0.2) is 34.6 Å². The average Bonchev–Trinajstić information content (AvgIpc) is 2.72. The van der Waals surface area contributed by atoms with Gasteiger partial charge < -0.3 is 4.90 Å². The number of Topliss-reactive ketones (excluding diaryl/α,β-unsaturated/α-hetero) is 1. The van der Waals surface area contributed by atoms with Gasteiger partial charge in [-0.2, -0.15) is 5.10 Å². The minimum Gasteiger partial charge on any atom is -0.383 e. The van der Waals surface area contributed by atoms with Crippen molar-refractivity contribution in [2.45, 2.75) is 52.5 Å². The molecule has 0 atom stereocenters. The van der Waals surface area contributed by atoms with E-state index in [1.807, 2.05) is 29.9 Å². The molecule has 110 valence electrons. The summed E-state index contributed by atoms with van der Waals surface area (Å²) in [6, 6.07) is 0.284. The van der Waals surface area contributed by atoms with E-state index in [1.165, 1.54) is 0 Å². The van der Waals surface area contributed by atoms with E-state index in [0.717, 1.165) is 35.4 Å². The van der Waals surface area contributed by atoms with Crippen LogP contribution in [-0.2, 0) is 6.42 Å². The molecule has 0 N–H and O–H groups in total. The summed E-state index contributed by atoms with van der Waals surface area (Å²) in [5, 5.41) is 4.69. The maximum Gasteiger partial charge on any atom is 0.194 e. The van der Waals surface area contributed by atoms with E-state index in [2.05, 4.69) is 27.7 Å². The van der Waals surface area contributed by atoms with Crippen molar-refractivity contribution >= 4 is 5.78 Å². The van der Waals surface area contributed by atoms with Crippen LogP contribution < -0.4 is 0 Å². The number of ketones is 1. The van der Waals surface area contributed by atoms with Crippen LogP contribution in [0.15, 0.2) is 11.8 Å². The molecule has 1 aliphatic carbocycles. The first kappa shape index (κ1) is 14.8. The molecule has 0 spiro atoms. The minimum absolute atomic E-state index is 0.163. The van der Waals surface area contributed by atoms with E-state index in [4.69, 9.17) is 5.10 Å². The molecular weight excluding hydrogens is 250 g/mol. The maximum atomic E-state index is 12.8. The van der Waals surface area contributed by atoms with E-state index >= 15 is 0 Å². The summed E-state index contributed by atoms with van der Waals surface area (Å²) in [4.78, 5) is 14.7. The smallest absolute Gasteiger partial charge is 0.194 e. The molecule has 1 heterocycles. The van der Waals surface area contributed by atoms with Gasteiger partial charge in [0.2, 0.25) is 0 Å². The van der Waals surface area contributed by atoms with Gasteiger partial charge in [-0.25, -0.2) is 0 Å². The topological polar surface area (TPSA) is 38.1 Å². The molecule has 0 unspecified atom stereocenters. The van der Waals surface area contributed by atoms with Gasteiger partial charge in [-0.15, -0.1) is 0 Å². The predicted octanol–water partition coefficient (Wildman–Crippen LogP) is 3.16. The zero-order valence-corrected chi connectivity index (χ0v) is 13.4. The Kier molecular flexibility index (Phi) is 4.02. The molecule has 1 aromatic rings. The molecule has 0 bridgehead atoms. The SMILES string of the molecule is CC(C)c1c2c(nn1C(C)C)CCC(=CN(C)C)C2=O. The fourth-order valence-electron chi connectivity index (χ4n) is 2.83. The lowest BCUT2D eigenvalue weighted by molar-refractivity contribution is 0.102. The Morgan fingerprint density at radius 3 is 2.35 bits per heavy atom. The van der Waals surface area contributed by atoms with Gasteiger partial charge in [0.25, 0.3) is 0 Å². The van der Waals surface area contributed by atoms with E-state index in [9.17, 15) is 4.79 Å². The number of allylic oxidation sites excluding steroid dienone is 1. The Morgan fingerprint density at radius 1 is 1.20 bits per heavy atom. The lowest BCUT2D eigenvalue weighted by atomic mass is 9.88. The van der Waals surface area contributed by atoms with E-state index in [1.54, 1.807) is 0 Å². The molecule has 1 aromatic heterocycles. The Hall–Kier alpha value is -1.58. The van der Waals surface area contributed by atoms with Gasteiger partial charge in [0.1, 0.15) is 0 Å². The van der Waals surface area contributed by atoms with Crippen LogP contribution in [0.3, 0.4) is 0 Å². The van der Waals surface area contributed by atoms with E-state index in [-0.39, 0.29) is 11.8 Å². The highest BCUT2D eigenvalue weighted by atomic mass is 16.1. The summed E-state index contributed by atoms with van der Waals surface area (Å²) >= 11 is 0. The second kappa shape index (κ2) is 5.43.